The molecular formula is C26H22Br2O3. The molecule has 0 unspecified atom stereocenters. The van der Waals surface area contributed by atoms with Crippen molar-refractivity contribution < 1.29 is 14.3 Å². The zero-order chi connectivity index (χ0) is 22.5. The molecule has 3 nitrogen and oxygen atoms in total. The third-order valence-corrected chi connectivity index (χ3v) is 5.95. The predicted molar refractivity (Wildman–Crippen MR) is 131 cm³/mol. The maximum Gasteiger partial charge on any atom is 0.196 e. The normalized spacial score (nSPS) is 10.6. The number of ketones is 1. The van der Waals surface area contributed by atoms with E-state index in [0.717, 1.165) is 20.1 Å². The van der Waals surface area contributed by atoms with E-state index in [2.05, 4.69) is 51.6 Å². The van der Waals surface area contributed by atoms with Gasteiger partial charge in [0.2, 0.25) is 0 Å². The number of ether oxygens (including phenoxy) is 2. The maximum atomic E-state index is 13.5. The van der Waals surface area contributed by atoms with Gasteiger partial charge in [-0.25, -0.2) is 0 Å². The van der Waals surface area contributed by atoms with Crippen molar-refractivity contribution in [3.05, 3.63) is 85.8 Å². The first kappa shape index (κ1) is 23.1. The molecule has 5 heteroatoms. The Morgan fingerprint density at radius 3 is 2.32 bits per heavy atom. The Morgan fingerprint density at radius 2 is 1.71 bits per heavy atom. The van der Waals surface area contributed by atoms with E-state index in [-0.39, 0.29) is 18.3 Å². The summed E-state index contributed by atoms with van der Waals surface area (Å²) >= 11 is 7.06. The van der Waals surface area contributed by atoms with Gasteiger partial charge in [0.25, 0.3) is 0 Å². The number of carbonyl (C=O) groups is 1. The molecule has 0 atom stereocenters. The second kappa shape index (κ2) is 10.2. The molecule has 0 aliphatic carbocycles. The van der Waals surface area contributed by atoms with Crippen LogP contribution in [0.1, 0.15) is 46.8 Å². The number of benzene rings is 3. The van der Waals surface area contributed by atoms with E-state index in [1.165, 1.54) is 0 Å². The molecular weight excluding hydrogens is 520 g/mol. The van der Waals surface area contributed by atoms with Crippen LogP contribution in [0.25, 0.3) is 0 Å². The SMILES string of the molecule is C#CCOc1cc(C(=O)c2cccc(C)c2)c(Oc2c(Br)cccc2Br)cc1C(C)C. The highest BCUT2D eigenvalue weighted by Crippen LogP contribution is 2.41. The molecule has 0 saturated carbocycles. The number of aryl methyl sites for hydroxylation is 1. The highest BCUT2D eigenvalue weighted by Gasteiger charge is 2.22. The first-order chi connectivity index (χ1) is 14.8. The Kier molecular flexibility index (Phi) is 7.59. The largest absolute Gasteiger partial charge is 0.481 e. The molecule has 0 spiro atoms. The average molecular weight is 542 g/mol. The van der Waals surface area contributed by atoms with Gasteiger partial charge in [0.1, 0.15) is 18.1 Å². The van der Waals surface area contributed by atoms with Crippen LogP contribution in [0.5, 0.6) is 17.2 Å². The van der Waals surface area contributed by atoms with Crippen molar-refractivity contribution in [2.24, 2.45) is 0 Å². The van der Waals surface area contributed by atoms with Crippen molar-refractivity contribution in [3.63, 3.8) is 0 Å². The molecule has 0 bridgehead atoms. The van der Waals surface area contributed by atoms with Gasteiger partial charge in [-0.15, -0.1) is 6.42 Å². The van der Waals surface area contributed by atoms with E-state index < -0.39 is 0 Å². The monoisotopic (exact) mass is 540 g/mol. The number of halogens is 2. The van der Waals surface area contributed by atoms with Crippen molar-refractivity contribution in [2.45, 2.75) is 26.7 Å². The Balaban J connectivity index is 2.20. The van der Waals surface area contributed by atoms with E-state index in [4.69, 9.17) is 15.9 Å². The van der Waals surface area contributed by atoms with Gasteiger partial charge in [-0.3, -0.25) is 4.79 Å². The number of hydrogen-bond donors (Lipinski definition) is 0. The molecule has 0 N–H and O–H groups in total. The Labute approximate surface area is 200 Å². The Hall–Kier alpha value is -2.55. The lowest BCUT2D eigenvalue weighted by molar-refractivity contribution is 0.103. The number of carbonyl (C=O) groups excluding carboxylic acids is 1. The quantitative estimate of drug-likeness (QED) is 0.227. The highest BCUT2D eigenvalue weighted by molar-refractivity contribution is 9.11. The molecule has 0 radical (unpaired) electrons. The number of rotatable bonds is 7. The van der Waals surface area contributed by atoms with Crippen molar-refractivity contribution in [2.75, 3.05) is 6.61 Å². The van der Waals surface area contributed by atoms with E-state index in [0.29, 0.717) is 28.4 Å². The van der Waals surface area contributed by atoms with Gasteiger partial charge in [-0.1, -0.05) is 49.6 Å². The van der Waals surface area contributed by atoms with Gasteiger partial charge in [-0.05, 0) is 75.0 Å². The molecule has 0 aliphatic heterocycles. The minimum Gasteiger partial charge on any atom is -0.481 e. The van der Waals surface area contributed by atoms with Crippen molar-refractivity contribution >= 4 is 37.6 Å². The Morgan fingerprint density at radius 1 is 1.03 bits per heavy atom. The standard InChI is InChI=1S/C26H22Br2O3/c1-5-12-30-23-15-20(25(29)18-9-6-8-17(4)13-18)24(14-19(23)16(2)3)31-26-21(27)10-7-11-22(26)28/h1,6-11,13-16H,12H2,2-4H3. The van der Waals surface area contributed by atoms with Gasteiger partial charge in [-0.2, -0.15) is 0 Å². The molecule has 3 aromatic carbocycles. The van der Waals surface area contributed by atoms with E-state index in [1.54, 1.807) is 12.1 Å². The molecule has 0 amide bonds. The molecule has 0 fully saturated rings. The summed E-state index contributed by atoms with van der Waals surface area (Å²) in [4.78, 5) is 13.5. The van der Waals surface area contributed by atoms with Crippen molar-refractivity contribution in [3.8, 4) is 29.6 Å². The van der Waals surface area contributed by atoms with Gasteiger partial charge >= 0.3 is 0 Å². The van der Waals surface area contributed by atoms with Crippen LogP contribution >= 0.6 is 31.9 Å². The molecule has 0 saturated heterocycles. The molecule has 158 valence electrons. The third-order valence-electron chi connectivity index (χ3n) is 4.70. The van der Waals surface area contributed by atoms with Crippen LogP contribution in [0.3, 0.4) is 0 Å². The molecule has 3 rings (SSSR count). The Bertz CT molecular complexity index is 1140. The zero-order valence-corrected chi connectivity index (χ0v) is 20.7. The summed E-state index contributed by atoms with van der Waals surface area (Å²) < 4.78 is 13.6. The molecule has 0 heterocycles. The van der Waals surface area contributed by atoms with E-state index in [1.807, 2.05) is 49.4 Å². The minimum absolute atomic E-state index is 0.119. The topological polar surface area (TPSA) is 35.5 Å². The number of para-hydroxylation sites is 1. The van der Waals surface area contributed by atoms with Crippen molar-refractivity contribution in [1.82, 2.24) is 0 Å². The fourth-order valence-corrected chi connectivity index (χ4v) is 4.33. The van der Waals surface area contributed by atoms with Crippen LogP contribution in [0.4, 0.5) is 0 Å². The summed E-state index contributed by atoms with van der Waals surface area (Å²) in [6.07, 6.45) is 5.40. The van der Waals surface area contributed by atoms with Gasteiger partial charge in [0, 0.05) is 11.1 Å². The van der Waals surface area contributed by atoms with Crippen LogP contribution in [0.2, 0.25) is 0 Å². The van der Waals surface area contributed by atoms with E-state index in [9.17, 15) is 4.79 Å². The number of hydrogen-bond acceptors (Lipinski definition) is 3. The van der Waals surface area contributed by atoms with Gasteiger partial charge < -0.3 is 9.47 Å². The third kappa shape index (κ3) is 5.39. The second-order valence-corrected chi connectivity index (χ2v) is 9.09. The average Bonchev–Trinajstić information content (AvgIpc) is 2.74. The zero-order valence-electron chi connectivity index (χ0n) is 17.5. The van der Waals surface area contributed by atoms with Crippen LogP contribution in [-0.2, 0) is 0 Å². The van der Waals surface area contributed by atoms with Crippen LogP contribution < -0.4 is 9.47 Å². The highest BCUT2D eigenvalue weighted by atomic mass is 79.9. The lowest BCUT2D eigenvalue weighted by Crippen LogP contribution is -2.08. The fraction of sp³-hybridized carbons (Fsp3) is 0.192. The summed E-state index contributed by atoms with van der Waals surface area (Å²) in [6, 6.07) is 16.7. The first-order valence-corrected chi connectivity index (χ1v) is 11.4. The van der Waals surface area contributed by atoms with Crippen LogP contribution in [0.15, 0.2) is 63.5 Å². The lowest BCUT2D eigenvalue weighted by Gasteiger charge is -2.19. The minimum atomic E-state index is -0.150. The lowest BCUT2D eigenvalue weighted by atomic mass is 9.95. The summed E-state index contributed by atoms with van der Waals surface area (Å²) in [5.74, 6) is 4.11. The maximum absolute atomic E-state index is 13.5. The first-order valence-electron chi connectivity index (χ1n) is 9.79. The summed E-state index contributed by atoms with van der Waals surface area (Å²) in [7, 11) is 0. The number of terminal acetylenes is 1. The van der Waals surface area contributed by atoms with Gasteiger partial charge in [0.05, 0.1) is 14.5 Å². The molecule has 0 aromatic heterocycles. The van der Waals surface area contributed by atoms with Crippen molar-refractivity contribution in [1.29, 1.82) is 0 Å². The summed E-state index contributed by atoms with van der Waals surface area (Å²) in [5, 5.41) is 0. The summed E-state index contributed by atoms with van der Waals surface area (Å²) in [6.45, 7) is 6.18. The molecule has 31 heavy (non-hydrogen) atoms. The molecule has 0 aliphatic rings. The molecule has 3 aromatic rings. The fourth-order valence-electron chi connectivity index (χ4n) is 3.16. The summed E-state index contributed by atoms with van der Waals surface area (Å²) in [5.41, 5.74) is 2.90. The van der Waals surface area contributed by atoms with Crippen LogP contribution in [-0.4, -0.2) is 12.4 Å². The van der Waals surface area contributed by atoms with Crippen LogP contribution in [0, 0.1) is 19.3 Å². The smallest absolute Gasteiger partial charge is 0.196 e. The van der Waals surface area contributed by atoms with Gasteiger partial charge in [0.15, 0.2) is 11.5 Å². The second-order valence-electron chi connectivity index (χ2n) is 7.39. The predicted octanol–water partition coefficient (Wildman–Crippen LogP) is 7.68. The van der Waals surface area contributed by atoms with E-state index >= 15 is 0 Å².